The molecule has 1 aromatic heterocycles. The summed E-state index contributed by atoms with van der Waals surface area (Å²) in [6.45, 7) is 2.76. The van der Waals surface area contributed by atoms with Gasteiger partial charge in [0.05, 0.1) is 0 Å². The first-order chi connectivity index (χ1) is 8.09. The van der Waals surface area contributed by atoms with Crippen LogP contribution in [0.4, 0.5) is 4.39 Å². The Morgan fingerprint density at radius 1 is 1.41 bits per heavy atom. The lowest BCUT2D eigenvalue weighted by molar-refractivity contribution is 0.629. The van der Waals surface area contributed by atoms with Gasteiger partial charge in [0.1, 0.15) is 5.82 Å². The number of aryl methyl sites for hydroxylation is 1. The molecule has 1 saturated carbocycles. The number of fused-ring (bicyclic) bond motifs is 1. The fourth-order valence-corrected chi connectivity index (χ4v) is 2.92. The maximum absolute atomic E-state index is 13.4. The van der Waals surface area contributed by atoms with Gasteiger partial charge in [-0.2, -0.15) is 0 Å². The molecule has 2 N–H and O–H groups in total. The molecular formula is C14H17FN2. The summed E-state index contributed by atoms with van der Waals surface area (Å²) in [5, 5.41) is 1.04. The van der Waals surface area contributed by atoms with Crippen molar-refractivity contribution in [1.29, 1.82) is 0 Å². The molecule has 1 aromatic carbocycles. The second kappa shape index (κ2) is 3.33. The number of hydrogen-bond donors (Lipinski definition) is 1. The van der Waals surface area contributed by atoms with E-state index < -0.39 is 0 Å². The molecule has 2 aromatic rings. The minimum absolute atomic E-state index is 0.109. The summed E-state index contributed by atoms with van der Waals surface area (Å²) in [6.07, 6.45) is 2.25. The predicted octanol–water partition coefficient (Wildman–Crippen LogP) is 2.62. The molecule has 3 heteroatoms. The Kier molecular flexibility index (Phi) is 2.11. The van der Waals surface area contributed by atoms with Crippen LogP contribution < -0.4 is 5.73 Å². The number of nitrogens with two attached hydrogens (primary N) is 1. The first-order valence-electron chi connectivity index (χ1n) is 6.04. The quantitative estimate of drug-likeness (QED) is 0.847. The van der Waals surface area contributed by atoms with E-state index in [9.17, 15) is 4.39 Å². The minimum atomic E-state index is -0.169. The molecule has 2 nitrogen and oxygen atoms in total. The van der Waals surface area contributed by atoms with Gasteiger partial charge < -0.3 is 10.3 Å². The summed E-state index contributed by atoms with van der Waals surface area (Å²) in [5.74, 6) is -0.169. The van der Waals surface area contributed by atoms with E-state index in [2.05, 4.69) is 11.5 Å². The summed E-state index contributed by atoms with van der Waals surface area (Å²) in [6, 6.07) is 5.02. The highest BCUT2D eigenvalue weighted by Crippen LogP contribution is 2.51. The molecule has 1 aliphatic rings. The highest BCUT2D eigenvalue weighted by molar-refractivity contribution is 5.87. The van der Waals surface area contributed by atoms with Crippen LogP contribution in [0.15, 0.2) is 18.2 Å². The van der Waals surface area contributed by atoms with Crippen molar-refractivity contribution < 1.29 is 4.39 Å². The van der Waals surface area contributed by atoms with E-state index >= 15 is 0 Å². The molecule has 90 valence electrons. The smallest absolute Gasteiger partial charge is 0.123 e. The monoisotopic (exact) mass is 232 g/mol. The predicted molar refractivity (Wildman–Crippen MR) is 67.6 cm³/mol. The number of hydrogen-bond acceptors (Lipinski definition) is 1. The van der Waals surface area contributed by atoms with E-state index in [1.54, 1.807) is 6.07 Å². The van der Waals surface area contributed by atoms with E-state index in [-0.39, 0.29) is 11.2 Å². The lowest BCUT2D eigenvalue weighted by Gasteiger charge is -2.13. The van der Waals surface area contributed by atoms with Crippen LogP contribution in [0, 0.1) is 12.7 Å². The molecule has 0 atom stereocenters. The van der Waals surface area contributed by atoms with Gasteiger partial charge in [-0.15, -0.1) is 0 Å². The fraction of sp³-hybridized carbons (Fsp3) is 0.429. The zero-order valence-corrected chi connectivity index (χ0v) is 10.3. The highest BCUT2D eigenvalue weighted by atomic mass is 19.1. The van der Waals surface area contributed by atoms with Gasteiger partial charge in [-0.3, -0.25) is 0 Å². The van der Waals surface area contributed by atoms with Crippen molar-refractivity contribution >= 4 is 10.9 Å². The van der Waals surface area contributed by atoms with Gasteiger partial charge in [0.25, 0.3) is 0 Å². The number of rotatable bonds is 2. The molecule has 0 radical (unpaired) electrons. The van der Waals surface area contributed by atoms with Gasteiger partial charge in [0, 0.05) is 35.6 Å². The van der Waals surface area contributed by atoms with E-state index in [1.165, 1.54) is 17.3 Å². The summed E-state index contributed by atoms with van der Waals surface area (Å²) in [5.41, 5.74) is 9.59. The van der Waals surface area contributed by atoms with Crippen LogP contribution in [0.2, 0.25) is 0 Å². The van der Waals surface area contributed by atoms with Crippen LogP contribution >= 0.6 is 0 Å². The average Bonchev–Trinajstić information content (AvgIpc) is 3.05. The Labute approximate surface area is 100 Å². The highest BCUT2D eigenvalue weighted by Gasteiger charge is 2.45. The van der Waals surface area contributed by atoms with E-state index in [0.29, 0.717) is 6.54 Å². The zero-order chi connectivity index (χ0) is 12.2. The van der Waals surface area contributed by atoms with Crippen LogP contribution in [0.1, 0.15) is 24.1 Å². The molecule has 0 unspecified atom stereocenters. The van der Waals surface area contributed by atoms with E-state index in [0.717, 1.165) is 23.7 Å². The fourth-order valence-electron chi connectivity index (χ4n) is 2.92. The third kappa shape index (κ3) is 1.35. The summed E-state index contributed by atoms with van der Waals surface area (Å²) in [7, 11) is 2.03. The Hall–Kier alpha value is -1.35. The molecule has 0 saturated heterocycles. The first kappa shape index (κ1) is 10.8. The van der Waals surface area contributed by atoms with Crippen molar-refractivity contribution in [2.45, 2.75) is 25.2 Å². The molecule has 3 rings (SSSR count). The minimum Gasteiger partial charge on any atom is -0.348 e. The number of benzene rings is 1. The Balaban J connectivity index is 2.37. The molecule has 0 spiro atoms. The molecule has 17 heavy (non-hydrogen) atoms. The van der Waals surface area contributed by atoms with Crippen LogP contribution in [0.25, 0.3) is 10.9 Å². The number of halogens is 1. The molecule has 0 aliphatic heterocycles. The third-order valence-corrected chi connectivity index (χ3v) is 4.23. The number of nitrogens with zero attached hydrogens (tertiary/aromatic N) is 1. The molecule has 1 aliphatic carbocycles. The van der Waals surface area contributed by atoms with Gasteiger partial charge >= 0.3 is 0 Å². The second-order valence-electron chi connectivity index (χ2n) is 5.17. The topological polar surface area (TPSA) is 30.9 Å². The molecule has 1 fully saturated rings. The van der Waals surface area contributed by atoms with Gasteiger partial charge in [-0.05, 0) is 43.5 Å². The van der Waals surface area contributed by atoms with Crippen LogP contribution in [-0.4, -0.2) is 11.1 Å². The Morgan fingerprint density at radius 3 is 2.71 bits per heavy atom. The molecule has 1 heterocycles. The summed E-state index contributed by atoms with van der Waals surface area (Å²) >= 11 is 0. The zero-order valence-electron chi connectivity index (χ0n) is 10.3. The lowest BCUT2D eigenvalue weighted by atomic mass is 9.93. The van der Waals surface area contributed by atoms with Crippen molar-refractivity contribution in [2.75, 3.05) is 6.54 Å². The molecule has 0 amide bonds. The van der Waals surface area contributed by atoms with E-state index in [4.69, 9.17) is 5.73 Å². The van der Waals surface area contributed by atoms with Gasteiger partial charge in [0.15, 0.2) is 0 Å². The van der Waals surface area contributed by atoms with E-state index in [1.807, 2.05) is 13.1 Å². The normalized spacial score (nSPS) is 17.6. The molecular weight excluding hydrogens is 215 g/mol. The largest absolute Gasteiger partial charge is 0.348 e. The van der Waals surface area contributed by atoms with Crippen molar-refractivity contribution in [3.05, 3.63) is 35.3 Å². The first-order valence-corrected chi connectivity index (χ1v) is 6.04. The van der Waals surface area contributed by atoms with Crippen molar-refractivity contribution in [3.8, 4) is 0 Å². The van der Waals surface area contributed by atoms with Gasteiger partial charge in [0.2, 0.25) is 0 Å². The van der Waals surface area contributed by atoms with Gasteiger partial charge in [-0.25, -0.2) is 4.39 Å². The van der Waals surface area contributed by atoms with Crippen molar-refractivity contribution in [2.24, 2.45) is 12.8 Å². The standard InChI is InChI=1S/C14H17FN2/c1-9-13(14(8-16)5-6-14)11-7-10(15)3-4-12(11)17(9)2/h3-4,7H,5-6,8,16H2,1-2H3. The van der Waals surface area contributed by atoms with Crippen LogP contribution in [0.3, 0.4) is 0 Å². The molecule has 0 bridgehead atoms. The lowest BCUT2D eigenvalue weighted by Crippen LogP contribution is -2.20. The maximum Gasteiger partial charge on any atom is 0.123 e. The SMILES string of the molecule is Cc1c(C2(CN)CC2)c2cc(F)ccc2n1C. The Morgan fingerprint density at radius 2 is 2.12 bits per heavy atom. The Bertz CT molecular complexity index is 594. The summed E-state index contributed by atoms with van der Waals surface area (Å²) in [4.78, 5) is 0. The van der Waals surface area contributed by atoms with Crippen molar-refractivity contribution in [1.82, 2.24) is 4.57 Å². The summed E-state index contributed by atoms with van der Waals surface area (Å²) < 4.78 is 15.6. The van der Waals surface area contributed by atoms with Gasteiger partial charge in [-0.1, -0.05) is 0 Å². The van der Waals surface area contributed by atoms with Crippen LogP contribution in [-0.2, 0) is 12.5 Å². The van der Waals surface area contributed by atoms with Crippen LogP contribution in [0.5, 0.6) is 0 Å². The second-order valence-corrected chi connectivity index (χ2v) is 5.17. The maximum atomic E-state index is 13.4. The van der Waals surface area contributed by atoms with Crippen molar-refractivity contribution in [3.63, 3.8) is 0 Å². The number of aromatic nitrogens is 1. The third-order valence-electron chi connectivity index (χ3n) is 4.23. The average molecular weight is 232 g/mol.